The average Bonchev–Trinajstić information content (AvgIpc) is 2.86. The molecule has 36 heavy (non-hydrogen) atoms. The molecular weight excluding hydrogens is 468 g/mol. The lowest BCUT2D eigenvalue weighted by atomic mass is 9.85. The molecule has 2 saturated heterocycles. The van der Waals surface area contributed by atoms with Crippen molar-refractivity contribution in [3.63, 3.8) is 0 Å². The molecule has 0 atom stereocenters. The van der Waals surface area contributed by atoms with Gasteiger partial charge in [0.05, 0.1) is 12.8 Å². The van der Waals surface area contributed by atoms with Gasteiger partial charge in [-0.15, -0.1) is 0 Å². The summed E-state index contributed by atoms with van der Waals surface area (Å²) in [5, 5.41) is 0. The third-order valence-electron chi connectivity index (χ3n) is 7.34. The number of carbonyl (C=O) groups excluding carboxylic acids is 1. The minimum atomic E-state index is -1.87. The van der Waals surface area contributed by atoms with Crippen LogP contribution in [0.15, 0.2) is 42.6 Å². The van der Waals surface area contributed by atoms with Crippen LogP contribution < -0.4 is 16.0 Å². The van der Waals surface area contributed by atoms with Gasteiger partial charge in [-0.05, 0) is 42.0 Å². The van der Waals surface area contributed by atoms with E-state index in [1.54, 1.807) is 17.2 Å². The van der Waals surface area contributed by atoms with Crippen molar-refractivity contribution in [2.24, 2.45) is 0 Å². The fourth-order valence-electron chi connectivity index (χ4n) is 5.33. The Kier molecular flexibility index (Phi) is 6.57. The number of ether oxygens (including phenoxy) is 1. The number of alkyl halides is 1. The van der Waals surface area contributed by atoms with Crippen molar-refractivity contribution in [2.75, 3.05) is 39.0 Å². The number of hydrogen-bond donors (Lipinski definition) is 2. The fourth-order valence-corrected chi connectivity index (χ4v) is 5.33. The van der Waals surface area contributed by atoms with Gasteiger partial charge in [0.25, 0.3) is 5.91 Å². The Morgan fingerprint density at radius 2 is 1.92 bits per heavy atom. The molecule has 0 radical (unpaired) electrons. The second-order valence-corrected chi connectivity index (χ2v) is 9.79. The molecule has 8 nitrogen and oxygen atoms in total. The number of hydrogen-bond acceptors (Lipinski definition) is 7. The molecule has 0 unspecified atom stereocenters. The van der Waals surface area contributed by atoms with Crippen LogP contribution in [0.1, 0.15) is 36.8 Å². The molecule has 3 aliphatic rings. The van der Waals surface area contributed by atoms with Gasteiger partial charge in [0.2, 0.25) is 0 Å². The molecule has 1 spiro atoms. The molecule has 2 aromatic rings. The van der Waals surface area contributed by atoms with Gasteiger partial charge in [0, 0.05) is 70.2 Å². The Labute approximate surface area is 209 Å². The molecule has 4 heterocycles. The third-order valence-corrected chi connectivity index (χ3v) is 7.34. The molecule has 0 aliphatic carbocycles. The van der Waals surface area contributed by atoms with Crippen molar-refractivity contribution >= 4 is 17.4 Å². The number of nitrogens with two attached hydrogens (primary N) is 1. The Hall–Kier alpha value is -3.24. The summed E-state index contributed by atoms with van der Waals surface area (Å²) >= 11 is 0. The smallest absolute Gasteiger partial charge is 0.260 e. The van der Waals surface area contributed by atoms with E-state index in [-0.39, 0.29) is 18.7 Å². The van der Waals surface area contributed by atoms with E-state index in [0.29, 0.717) is 68.4 Å². The highest BCUT2D eigenvalue weighted by molar-refractivity contribution is 5.85. The second kappa shape index (κ2) is 9.67. The highest BCUT2D eigenvalue weighted by atomic mass is 19.1. The number of likely N-dealkylation sites (tertiary alicyclic amines) is 2. The number of nitrogen functional groups attached to an aromatic ring is 1. The van der Waals surface area contributed by atoms with Gasteiger partial charge in [0.15, 0.2) is 5.67 Å². The van der Waals surface area contributed by atoms with Gasteiger partial charge in [0.1, 0.15) is 23.0 Å². The number of aromatic nitrogens is 1. The molecule has 5 rings (SSSR count). The standard InChI is InChI=1S/C26H31F2N5O3/c1-35-31-21-16-25(36-22-3-2-19(27)15-20(21)22)5-12-33(13-6-25)24(34)26(28)7-10-32(11-8-26)17-18-4-9-30-23(29)14-18/h2-4,9,14-16,31H,5-8,10-13,17H2,1H3,(H2,29,30). The molecule has 0 saturated carbocycles. The lowest BCUT2D eigenvalue weighted by molar-refractivity contribution is -0.150. The molecular formula is C26H31F2N5O3. The van der Waals surface area contributed by atoms with Crippen LogP contribution >= 0.6 is 0 Å². The molecule has 0 bridgehead atoms. The van der Waals surface area contributed by atoms with E-state index >= 15 is 4.39 Å². The van der Waals surface area contributed by atoms with Crippen LogP contribution in [0.3, 0.4) is 0 Å². The number of amides is 1. The van der Waals surface area contributed by atoms with Crippen LogP contribution in [-0.4, -0.2) is 65.2 Å². The van der Waals surface area contributed by atoms with Crippen LogP contribution in [-0.2, 0) is 16.2 Å². The Bertz CT molecular complexity index is 1160. The number of pyridine rings is 1. The van der Waals surface area contributed by atoms with E-state index in [2.05, 4.69) is 15.4 Å². The molecule has 2 fully saturated rings. The van der Waals surface area contributed by atoms with E-state index in [4.69, 9.17) is 15.3 Å². The molecule has 1 aromatic heterocycles. The van der Waals surface area contributed by atoms with Crippen LogP contribution in [0.25, 0.3) is 5.70 Å². The lowest BCUT2D eigenvalue weighted by Gasteiger charge is -2.45. The maximum absolute atomic E-state index is 15.8. The number of anilines is 1. The van der Waals surface area contributed by atoms with Crippen LogP contribution in [0.4, 0.5) is 14.6 Å². The van der Waals surface area contributed by atoms with Gasteiger partial charge >= 0.3 is 0 Å². The molecule has 1 aromatic carbocycles. The summed E-state index contributed by atoms with van der Waals surface area (Å²) in [7, 11) is 1.49. The molecule has 1 amide bonds. The van der Waals surface area contributed by atoms with Crippen LogP contribution in [0.5, 0.6) is 5.75 Å². The monoisotopic (exact) mass is 499 g/mol. The quantitative estimate of drug-likeness (QED) is 0.611. The Balaban J connectivity index is 1.21. The van der Waals surface area contributed by atoms with Gasteiger partial charge in [-0.2, -0.15) is 0 Å². The van der Waals surface area contributed by atoms with Crippen molar-refractivity contribution in [3.05, 3.63) is 59.5 Å². The number of nitrogens with zero attached hydrogens (tertiary/aromatic N) is 3. The number of rotatable bonds is 5. The summed E-state index contributed by atoms with van der Waals surface area (Å²) in [5.74, 6) is 0.188. The number of piperidine rings is 2. The van der Waals surface area contributed by atoms with Crippen molar-refractivity contribution in [3.8, 4) is 5.75 Å². The number of benzene rings is 1. The van der Waals surface area contributed by atoms with E-state index in [1.165, 1.54) is 19.2 Å². The normalized spacial score (nSPS) is 20.9. The molecule has 10 heteroatoms. The zero-order valence-corrected chi connectivity index (χ0v) is 20.3. The number of halogens is 2. The second-order valence-electron chi connectivity index (χ2n) is 9.79. The minimum Gasteiger partial charge on any atom is -0.482 e. The maximum atomic E-state index is 15.8. The summed E-state index contributed by atoms with van der Waals surface area (Å²) < 4.78 is 35.9. The first kappa shape index (κ1) is 24.5. The van der Waals surface area contributed by atoms with Gasteiger partial charge in [-0.3, -0.25) is 20.0 Å². The van der Waals surface area contributed by atoms with E-state index in [1.807, 2.05) is 18.2 Å². The predicted octanol–water partition coefficient (Wildman–Crippen LogP) is 3.05. The van der Waals surface area contributed by atoms with E-state index in [0.717, 1.165) is 5.56 Å². The number of carbonyl (C=O) groups is 1. The van der Waals surface area contributed by atoms with Crippen molar-refractivity contribution in [2.45, 2.75) is 43.5 Å². The Morgan fingerprint density at radius 1 is 1.17 bits per heavy atom. The van der Waals surface area contributed by atoms with Gasteiger partial charge in [-0.1, -0.05) is 0 Å². The summed E-state index contributed by atoms with van der Waals surface area (Å²) in [4.78, 5) is 26.1. The summed E-state index contributed by atoms with van der Waals surface area (Å²) in [5.41, 5.74) is 8.24. The first-order valence-electron chi connectivity index (χ1n) is 12.2. The first-order chi connectivity index (χ1) is 17.3. The highest BCUT2D eigenvalue weighted by Gasteiger charge is 2.47. The minimum absolute atomic E-state index is 0.158. The molecule has 3 N–H and O–H groups in total. The zero-order valence-electron chi connectivity index (χ0n) is 20.3. The zero-order chi connectivity index (χ0) is 25.3. The number of fused-ring (bicyclic) bond motifs is 1. The summed E-state index contributed by atoms with van der Waals surface area (Å²) in [6.07, 6.45) is 4.86. The van der Waals surface area contributed by atoms with Gasteiger partial charge < -0.3 is 15.4 Å². The average molecular weight is 500 g/mol. The lowest BCUT2D eigenvalue weighted by Crippen LogP contribution is -2.56. The summed E-state index contributed by atoms with van der Waals surface area (Å²) in [6, 6.07) is 8.05. The third kappa shape index (κ3) is 4.87. The SMILES string of the molecule is CONC1=CC2(CCN(C(=O)C3(F)CCN(Cc4ccnc(N)c4)CC3)CC2)Oc2ccc(F)cc21. The van der Waals surface area contributed by atoms with Crippen molar-refractivity contribution in [1.82, 2.24) is 20.3 Å². The highest BCUT2D eigenvalue weighted by Crippen LogP contribution is 2.41. The topological polar surface area (TPSA) is 93.0 Å². The molecule has 3 aliphatic heterocycles. The summed E-state index contributed by atoms with van der Waals surface area (Å²) in [6.45, 7) is 2.38. The van der Waals surface area contributed by atoms with Gasteiger partial charge in [-0.25, -0.2) is 13.8 Å². The molecule has 192 valence electrons. The maximum Gasteiger partial charge on any atom is 0.260 e. The number of hydroxylamine groups is 1. The number of nitrogens with one attached hydrogen (secondary N) is 1. The largest absolute Gasteiger partial charge is 0.482 e. The van der Waals surface area contributed by atoms with Crippen molar-refractivity contribution in [1.29, 1.82) is 0 Å². The van der Waals surface area contributed by atoms with Crippen LogP contribution in [0, 0.1) is 5.82 Å². The predicted molar refractivity (Wildman–Crippen MR) is 131 cm³/mol. The Morgan fingerprint density at radius 3 is 2.61 bits per heavy atom. The first-order valence-corrected chi connectivity index (χ1v) is 12.2. The van der Waals surface area contributed by atoms with E-state index in [9.17, 15) is 9.18 Å². The fraction of sp³-hybridized carbons (Fsp3) is 0.462. The van der Waals surface area contributed by atoms with E-state index < -0.39 is 17.2 Å². The van der Waals surface area contributed by atoms with Crippen LogP contribution in [0.2, 0.25) is 0 Å². The van der Waals surface area contributed by atoms with Crippen molar-refractivity contribution < 1.29 is 23.1 Å².